The minimum Gasteiger partial charge on any atom is -0.456 e. The van der Waals surface area contributed by atoms with Crippen molar-refractivity contribution in [1.29, 1.82) is 0 Å². The van der Waals surface area contributed by atoms with Crippen LogP contribution in [0.4, 0.5) is 34.1 Å². The van der Waals surface area contributed by atoms with Crippen LogP contribution in [0.5, 0.6) is 0 Å². The smallest absolute Gasteiger partial charge is 0.136 e. The van der Waals surface area contributed by atoms with Crippen molar-refractivity contribution >= 4 is 120 Å². The van der Waals surface area contributed by atoms with E-state index in [9.17, 15) is 0 Å². The fraction of sp³-hybridized carbons (Fsp3) is 0. The lowest BCUT2D eigenvalue weighted by molar-refractivity contribution is 0.668. The second-order valence-electron chi connectivity index (χ2n) is 19.2. The molecule has 0 spiro atoms. The summed E-state index contributed by atoms with van der Waals surface area (Å²) in [7, 11) is 0. The Morgan fingerprint density at radius 1 is 0.267 bits per heavy atom. The number of thiophene rings is 1. The van der Waals surface area contributed by atoms with Gasteiger partial charge in [-0.05, 0) is 159 Å². The van der Waals surface area contributed by atoms with Crippen molar-refractivity contribution < 1.29 is 8.83 Å². The minimum atomic E-state index is 0.889. The number of fused-ring (bicyclic) bond motifs is 10. The number of hydrogen-bond acceptors (Lipinski definition) is 5. The summed E-state index contributed by atoms with van der Waals surface area (Å²) >= 11 is 1.86. The molecule has 0 unspecified atom stereocenters. The second-order valence-corrected chi connectivity index (χ2v) is 20.3. The zero-order valence-electron chi connectivity index (χ0n) is 40.5. The van der Waals surface area contributed by atoms with Gasteiger partial charge in [0.15, 0.2) is 0 Å². The van der Waals surface area contributed by atoms with Gasteiger partial charge in [-0.1, -0.05) is 152 Å². The SMILES string of the molecule is c1ccc(N(c2ccccc2)c2cccc3sc4cccc(-c5cccc6cc(N(c7ccc(-c8ccc9c(c8)oc8ccccc89)cc7)c7ccc(-c8ccc9oc%10ccccc%10c9c8)cc7)ccc56)c4c23)cc1. The molecule has 0 aliphatic heterocycles. The normalized spacial score (nSPS) is 11.7. The average molecular weight is 977 g/mol. The van der Waals surface area contributed by atoms with Crippen LogP contribution in [-0.2, 0) is 0 Å². The number of anilines is 6. The molecule has 3 heterocycles. The van der Waals surface area contributed by atoms with Crippen LogP contribution < -0.4 is 9.80 Å². The van der Waals surface area contributed by atoms with Crippen LogP contribution in [-0.4, -0.2) is 0 Å². The van der Waals surface area contributed by atoms with E-state index in [0.717, 1.165) is 106 Å². The molecule has 15 aromatic rings. The van der Waals surface area contributed by atoms with E-state index in [-0.39, 0.29) is 0 Å². The third-order valence-electron chi connectivity index (χ3n) is 14.9. The Balaban J connectivity index is 0.852. The maximum Gasteiger partial charge on any atom is 0.136 e. The van der Waals surface area contributed by atoms with Crippen LogP contribution >= 0.6 is 11.3 Å². The predicted octanol–water partition coefficient (Wildman–Crippen LogP) is 20.9. The lowest BCUT2D eigenvalue weighted by Crippen LogP contribution is -2.10. The highest BCUT2D eigenvalue weighted by molar-refractivity contribution is 7.26. The summed E-state index contributed by atoms with van der Waals surface area (Å²) in [5, 5.41) is 9.38. The van der Waals surface area contributed by atoms with Crippen LogP contribution in [0.15, 0.2) is 276 Å². The lowest BCUT2D eigenvalue weighted by Gasteiger charge is -2.27. The van der Waals surface area contributed by atoms with Crippen molar-refractivity contribution in [3.05, 3.63) is 267 Å². The molecule has 352 valence electrons. The van der Waals surface area contributed by atoms with E-state index in [4.69, 9.17) is 8.83 Å². The highest BCUT2D eigenvalue weighted by atomic mass is 32.1. The Kier molecular flexibility index (Phi) is 10.0. The summed E-state index contributed by atoms with van der Waals surface area (Å²) in [5.41, 5.74) is 17.1. The Bertz CT molecular complexity index is 4610. The van der Waals surface area contributed by atoms with Crippen LogP contribution in [0.1, 0.15) is 0 Å². The summed E-state index contributed by atoms with van der Waals surface area (Å²) in [4.78, 5) is 4.77. The van der Waals surface area contributed by atoms with Gasteiger partial charge in [0.25, 0.3) is 0 Å². The molecule has 0 saturated carbocycles. The zero-order valence-corrected chi connectivity index (χ0v) is 41.3. The third-order valence-corrected chi connectivity index (χ3v) is 16.0. The van der Waals surface area contributed by atoms with Gasteiger partial charge < -0.3 is 18.6 Å². The molecule has 0 fully saturated rings. The van der Waals surface area contributed by atoms with Gasteiger partial charge in [0.05, 0.1) is 5.69 Å². The zero-order chi connectivity index (χ0) is 49.4. The van der Waals surface area contributed by atoms with Gasteiger partial charge in [0.1, 0.15) is 22.3 Å². The molecule has 0 aliphatic rings. The molecule has 3 aromatic heterocycles. The summed E-state index contributed by atoms with van der Waals surface area (Å²) < 4.78 is 15.0. The van der Waals surface area contributed by atoms with Gasteiger partial charge in [0.2, 0.25) is 0 Å². The van der Waals surface area contributed by atoms with Crippen molar-refractivity contribution in [2.75, 3.05) is 9.80 Å². The average Bonchev–Trinajstić information content (AvgIpc) is 4.18. The highest BCUT2D eigenvalue weighted by Gasteiger charge is 2.22. The van der Waals surface area contributed by atoms with E-state index in [1.165, 1.54) is 36.7 Å². The van der Waals surface area contributed by atoms with Gasteiger partial charge in [-0.25, -0.2) is 0 Å². The largest absolute Gasteiger partial charge is 0.456 e. The number of furan rings is 2. The van der Waals surface area contributed by atoms with Crippen molar-refractivity contribution in [2.45, 2.75) is 0 Å². The van der Waals surface area contributed by atoms with Crippen LogP contribution in [0.3, 0.4) is 0 Å². The van der Waals surface area contributed by atoms with Crippen LogP contribution in [0.25, 0.3) is 108 Å². The molecule has 0 atom stereocenters. The third kappa shape index (κ3) is 7.27. The van der Waals surface area contributed by atoms with E-state index in [0.29, 0.717) is 0 Å². The maximum atomic E-state index is 6.31. The van der Waals surface area contributed by atoms with Crippen LogP contribution in [0, 0.1) is 0 Å². The van der Waals surface area contributed by atoms with Crippen molar-refractivity contribution in [1.82, 2.24) is 0 Å². The predicted molar refractivity (Wildman–Crippen MR) is 317 cm³/mol. The van der Waals surface area contributed by atoms with Crippen molar-refractivity contribution in [2.24, 2.45) is 0 Å². The first-order valence-corrected chi connectivity index (χ1v) is 26.2. The number of hydrogen-bond donors (Lipinski definition) is 0. The molecular weight excluding hydrogens is 933 g/mol. The molecule has 75 heavy (non-hydrogen) atoms. The van der Waals surface area contributed by atoms with Gasteiger partial charge in [0, 0.05) is 70.2 Å². The molecule has 0 saturated heterocycles. The number of rotatable bonds is 9. The van der Waals surface area contributed by atoms with Gasteiger partial charge >= 0.3 is 0 Å². The summed E-state index contributed by atoms with van der Waals surface area (Å²) in [6.45, 7) is 0. The standard InChI is InChI=1S/C70H44N2O2S/c1-3-15-50(16-4-1)72(51-17-5-2-6-18-51)62-23-13-27-68-70(62)69-60(22-12-26-67(69)75-68)56-21-11-14-49-42-54(38-40-55(49)56)71(52-34-28-45(29-35-52)47-33-41-65-61(43-47)58-20-8-10-25-64(58)73-65)53-36-30-46(31-37-53)48-32-39-59-57-19-7-9-24-63(57)74-66(59)44-48/h1-44H. The van der Waals surface area contributed by atoms with Gasteiger partial charge in [-0.3, -0.25) is 0 Å². The molecular formula is C70H44N2O2S. The maximum absolute atomic E-state index is 6.31. The van der Waals surface area contributed by atoms with E-state index in [2.05, 4.69) is 252 Å². The molecule has 15 rings (SSSR count). The number of benzene rings is 12. The summed E-state index contributed by atoms with van der Waals surface area (Å²) in [6.07, 6.45) is 0. The fourth-order valence-corrected chi connectivity index (χ4v) is 12.5. The van der Waals surface area contributed by atoms with Crippen molar-refractivity contribution in [3.63, 3.8) is 0 Å². The van der Waals surface area contributed by atoms with E-state index >= 15 is 0 Å². The van der Waals surface area contributed by atoms with Gasteiger partial charge in [-0.15, -0.1) is 11.3 Å². The van der Waals surface area contributed by atoms with E-state index in [1.807, 2.05) is 35.6 Å². The number of para-hydroxylation sites is 4. The highest BCUT2D eigenvalue weighted by Crippen LogP contribution is 2.49. The lowest BCUT2D eigenvalue weighted by atomic mass is 9.93. The summed E-state index contributed by atoms with van der Waals surface area (Å²) in [6, 6.07) is 96.0. The molecule has 0 bridgehead atoms. The van der Waals surface area contributed by atoms with Crippen molar-refractivity contribution in [3.8, 4) is 33.4 Å². The topological polar surface area (TPSA) is 32.8 Å². The van der Waals surface area contributed by atoms with E-state index < -0.39 is 0 Å². The first kappa shape index (κ1) is 43.0. The molecule has 12 aromatic carbocycles. The van der Waals surface area contributed by atoms with Crippen LogP contribution in [0.2, 0.25) is 0 Å². The van der Waals surface area contributed by atoms with E-state index in [1.54, 1.807) is 0 Å². The Labute approximate surface area is 436 Å². The monoisotopic (exact) mass is 976 g/mol. The fourth-order valence-electron chi connectivity index (χ4n) is 11.3. The van der Waals surface area contributed by atoms with Gasteiger partial charge in [-0.2, -0.15) is 0 Å². The molecule has 0 amide bonds. The Morgan fingerprint density at radius 2 is 0.760 bits per heavy atom. The molecule has 5 heteroatoms. The number of nitrogens with zero attached hydrogens (tertiary/aromatic N) is 2. The Hall–Kier alpha value is -9.68. The molecule has 0 aliphatic carbocycles. The first-order chi connectivity index (χ1) is 37.2. The molecule has 0 N–H and O–H groups in total. The molecule has 4 nitrogen and oxygen atoms in total. The first-order valence-electron chi connectivity index (χ1n) is 25.4. The quantitative estimate of drug-likeness (QED) is 0.144. The Morgan fingerprint density at radius 3 is 1.47 bits per heavy atom. The minimum absolute atomic E-state index is 0.889. The summed E-state index contributed by atoms with van der Waals surface area (Å²) in [5.74, 6) is 0. The molecule has 0 radical (unpaired) electrons. The second kappa shape index (κ2) is 17.5.